The normalized spacial score (nSPS) is 12.9. The largest absolute Gasteiger partial charge is 0.310 e. The first-order valence-corrected chi connectivity index (χ1v) is 7.44. The summed E-state index contributed by atoms with van der Waals surface area (Å²) in [6, 6.07) is 4.59. The average Bonchev–Trinajstić information content (AvgIpc) is 2.89. The molecule has 0 radical (unpaired) electrons. The Labute approximate surface area is 109 Å². The lowest BCUT2D eigenvalue weighted by molar-refractivity contribution is 0.578. The fourth-order valence-corrected chi connectivity index (χ4v) is 3.22. The molecule has 2 aromatic heterocycles. The summed E-state index contributed by atoms with van der Waals surface area (Å²) in [4.78, 5) is 0. The minimum absolute atomic E-state index is 0.377. The van der Waals surface area contributed by atoms with Crippen molar-refractivity contribution in [2.45, 2.75) is 19.4 Å². The fourth-order valence-electron chi connectivity index (χ4n) is 1.54. The fraction of sp³-hybridized carbons (Fsp3) is 0.333. The Morgan fingerprint density at radius 3 is 2.94 bits per heavy atom. The van der Waals surface area contributed by atoms with Crippen molar-refractivity contribution in [1.82, 2.24) is 5.32 Å². The number of rotatable bonds is 5. The predicted octanol–water partition coefficient (Wildman–Crippen LogP) is 4.36. The lowest BCUT2D eigenvalue weighted by Gasteiger charge is -2.11. The van der Waals surface area contributed by atoms with Crippen LogP contribution in [0.15, 0.2) is 28.3 Å². The smallest absolute Gasteiger partial charge is 0.0931 e. The van der Waals surface area contributed by atoms with E-state index in [0.29, 0.717) is 6.04 Å². The van der Waals surface area contributed by atoms with E-state index in [2.05, 4.69) is 34.4 Å². The first-order chi connectivity index (χ1) is 7.75. The Morgan fingerprint density at radius 1 is 1.44 bits per heavy atom. The van der Waals surface area contributed by atoms with Crippen molar-refractivity contribution in [2.75, 3.05) is 6.54 Å². The molecule has 86 valence electrons. The molecule has 16 heavy (non-hydrogen) atoms. The molecule has 0 fully saturated rings. The molecule has 1 nitrogen and oxygen atoms in total. The maximum Gasteiger partial charge on any atom is 0.0931 e. The molecule has 1 unspecified atom stereocenters. The molecule has 2 aromatic rings. The molecule has 0 spiro atoms. The van der Waals surface area contributed by atoms with Crippen LogP contribution in [0.4, 0.5) is 0 Å². The Kier molecular flexibility index (Phi) is 4.41. The number of halogens is 1. The molecule has 4 heteroatoms. The van der Waals surface area contributed by atoms with Gasteiger partial charge in [0.2, 0.25) is 0 Å². The number of nitrogens with one attached hydrogen (secondary N) is 1. The van der Waals surface area contributed by atoms with Gasteiger partial charge < -0.3 is 5.32 Å². The monoisotopic (exact) mass is 271 g/mol. The van der Waals surface area contributed by atoms with Crippen molar-refractivity contribution in [1.29, 1.82) is 0 Å². The Hall–Kier alpha value is -0.350. The third kappa shape index (κ3) is 3.32. The molecule has 2 heterocycles. The summed E-state index contributed by atoms with van der Waals surface area (Å²) in [6.45, 7) is 3.18. The van der Waals surface area contributed by atoms with Gasteiger partial charge in [0.05, 0.1) is 4.34 Å². The molecule has 0 aliphatic heterocycles. The average molecular weight is 272 g/mol. The Morgan fingerprint density at radius 2 is 2.31 bits per heavy atom. The molecule has 0 aliphatic rings. The highest BCUT2D eigenvalue weighted by Gasteiger charge is 2.06. The van der Waals surface area contributed by atoms with Crippen LogP contribution in [0.1, 0.15) is 24.1 Å². The van der Waals surface area contributed by atoms with Crippen LogP contribution in [-0.2, 0) is 6.42 Å². The SMILES string of the molecule is CC(NCCc1ccsc1)c1csc(Cl)c1. The lowest BCUT2D eigenvalue weighted by Crippen LogP contribution is -2.20. The van der Waals surface area contributed by atoms with Gasteiger partial charge in [-0.3, -0.25) is 0 Å². The van der Waals surface area contributed by atoms with Gasteiger partial charge in [0.15, 0.2) is 0 Å². The second-order valence-electron chi connectivity index (χ2n) is 3.74. The van der Waals surface area contributed by atoms with E-state index in [1.165, 1.54) is 11.1 Å². The van der Waals surface area contributed by atoms with Gasteiger partial charge in [-0.2, -0.15) is 11.3 Å². The maximum atomic E-state index is 5.91. The van der Waals surface area contributed by atoms with Gasteiger partial charge in [-0.05, 0) is 59.3 Å². The van der Waals surface area contributed by atoms with E-state index in [0.717, 1.165) is 17.3 Å². The molecule has 0 aliphatic carbocycles. The van der Waals surface area contributed by atoms with Crippen LogP contribution in [0, 0.1) is 0 Å². The van der Waals surface area contributed by atoms with E-state index in [-0.39, 0.29) is 0 Å². The summed E-state index contributed by atoms with van der Waals surface area (Å²) in [5.74, 6) is 0. The van der Waals surface area contributed by atoms with Crippen LogP contribution in [-0.4, -0.2) is 6.54 Å². The minimum atomic E-state index is 0.377. The second-order valence-corrected chi connectivity index (χ2v) is 6.06. The third-order valence-electron chi connectivity index (χ3n) is 2.53. The minimum Gasteiger partial charge on any atom is -0.310 e. The number of hydrogen-bond donors (Lipinski definition) is 1. The van der Waals surface area contributed by atoms with Gasteiger partial charge in [-0.25, -0.2) is 0 Å². The van der Waals surface area contributed by atoms with Gasteiger partial charge in [-0.15, -0.1) is 11.3 Å². The molecular weight excluding hydrogens is 258 g/mol. The van der Waals surface area contributed by atoms with Crippen molar-refractivity contribution in [3.8, 4) is 0 Å². The van der Waals surface area contributed by atoms with Gasteiger partial charge in [0, 0.05) is 6.04 Å². The zero-order valence-electron chi connectivity index (χ0n) is 9.07. The van der Waals surface area contributed by atoms with Crippen molar-refractivity contribution in [2.24, 2.45) is 0 Å². The van der Waals surface area contributed by atoms with E-state index in [1.54, 1.807) is 22.7 Å². The van der Waals surface area contributed by atoms with Crippen LogP contribution in [0.5, 0.6) is 0 Å². The third-order valence-corrected chi connectivity index (χ3v) is 4.37. The van der Waals surface area contributed by atoms with E-state index in [9.17, 15) is 0 Å². The number of hydrogen-bond acceptors (Lipinski definition) is 3. The van der Waals surface area contributed by atoms with E-state index >= 15 is 0 Å². The van der Waals surface area contributed by atoms with Gasteiger partial charge in [-0.1, -0.05) is 11.6 Å². The summed E-state index contributed by atoms with van der Waals surface area (Å²) >= 11 is 9.26. The molecule has 1 atom stereocenters. The predicted molar refractivity (Wildman–Crippen MR) is 73.8 cm³/mol. The highest BCUT2D eigenvalue weighted by Crippen LogP contribution is 2.24. The first-order valence-electron chi connectivity index (χ1n) is 5.24. The summed E-state index contributed by atoms with van der Waals surface area (Å²) in [5, 5.41) is 9.94. The quantitative estimate of drug-likeness (QED) is 0.852. The second kappa shape index (κ2) is 5.82. The summed E-state index contributed by atoms with van der Waals surface area (Å²) in [7, 11) is 0. The van der Waals surface area contributed by atoms with Crippen LogP contribution < -0.4 is 5.32 Å². The van der Waals surface area contributed by atoms with Crippen molar-refractivity contribution in [3.05, 3.63) is 43.7 Å². The maximum absolute atomic E-state index is 5.91. The Bertz CT molecular complexity index is 422. The van der Waals surface area contributed by atoms with Gasteiger partial charge >= 0.3 is 0 Å². The van der Waals surface area contributed by atoms with Crippen LogP contribution >= 0.6 is 34.3 Å². The molecule has 0 saturated carbocycles. The zero-order chi connectivity index (χ0) is 11.4. The molecule has 0 amide bonds. The van der Waals surface area contributed by atoms with Crippen molar-refractivity contribution >= 4 is 34.3 Å². The molecule has 0 bridgehead atoms. The van der Waals surface area contributed by atoms with Crippen molar-refractivity contribution < 1.29 is 0 Å². The molecule has 0 aromatic carbocycles. The molecule has 0 saturated heterocycles. The topological polar surface area (TPSA) is 12.0 Å². The number of thiophene rings is 2. The van der Waals surface area contributed by atoms with Crippen LogP contribution in [0.2, 0.25) is 4.34 Å². The lowest BCUT2D eigenvalue weighted by atomic mass is 10.1. The Balaban J connectivity index is 1.78. The standard InChI is InChI=1S/C12H14ClNS2/c1-9(11-6-12(13)16-8-11)14-4-2-10-3-5-15-7-10/h3,5-9,14H,2,4H2,1H3. The van der Waals surface area contributed by atoms with Gasteiger partial charge in [0.25, 0.3) is 0 Å². The van der Waals surface area contributed by atoms with Crippen LogP contribution in [0.3, 0.4) is 0 Å². The van der Waals surface area contributed by atoms with E-state index < -0.39 is 0 Å². The first kappa shape index (κ1) is 12.1. The summed E-state index contributed by atoms with van der Waals surface area (Å²) < 4.78 is 0.862. The van der Waals surface area contributed by atoms with E-state index in [4.69, 9.17) is 11.6 Å². The molecule has 1 N–H and O–H groups in total. The van der Waals surface area contributed by atoms with E-state index in [1.807, 2.05) is 6.07 Å². The molecule has 2 rings (SSSR count). The zero-order valence-corrected chi connectivity index (χ0v) is 11.5. The highest BCUT2D eigenvalue weighted by atomic mass is 35.5. The highest BCUT2D eigenvalue weighted by molar-refractivity contribution is 7.14. The van der Waals surface area contributed by atoms with Crippen molar-refractivity contribution in [3.63, 3.8) is 0 Å². The van der Waals surface area contributed by atoms with Crippen LogP contribution in [0.25, 0.3) is 0 Å². The molecular formula is C12H14ClNS2. The van der Waals surface area contributed by atoms with Gasteiger partial charge in [0.1, 0.15) is 0 Å². The summed E-state index contributed by atoms with van der Waals surface area (Å²) in [5.41, 5.74) is 2.69. The summed E-state index contributed by atoms with van der Waals surface area (Å²) in [6.07, 6.45) is 1.09.